The van der Waals surface area contributed by atoms with Gasteiger partial charge in [-0.05, 0) is 48.9 Å². The maximum atomic E-state index is 12.5. The van der Waals surface area contributed by atoms with Crippen LogP contribution in [-0.4, -0.2) is 17.7 Å². The Labute approximate surface area is 126 Å². The van der Waals surface area contributed by atoms with Crippen molar-refractivity contribution in [3.63, 3.8) is 0 Å². The van der Waals surface area contributed by atoms with Crippen LogP contribution in [-0.2, 0) is 0 Å². The monoisotopic (exact) mass is 295 g/mol. The first-order valence-electron chi connectivity index (χ1n) is 6.59. The predicted molar refractivity (Wildman–Crippen MR) is 81.7 cm³/mol. The van der Waals surface area contributed by atoms with E-state index in [-0.39, 0.29) is 16.7 Å². The van der Waals surface area contributed by atoms with Crippen LogP contribution in [0.1, 0.15) is 36.6 Å². The van der Waals surface area contributed by atoms with Crippen LogP contribution in [0.2, 0.25) is 0 Å². The van der Waals surface area contributed by atoms with E-state index in [1.165, 1.54) is 18.2 Å². The lowest BCUT2D eigenvalue weighted by atomic mass is 10.1. The Kier molecular flexibility index (Phi) is 2.95. The molecule has 3 amide bonds. The van der Waals surface area contributed by atoms with Crippen molar-refractivity contribution in [3.8, 4) is 0 Å². The maximum Gasteiger partial charge on any atom is 0.266 e. The minimum absolute atomic E-state index is 0.178. The van der Waals surface area contributed by atoms with Gasteiger partial charge in [0.25, 0.3) is 11.8 Å². The highest BCUT2D eigenvalue weighted by Gasteiger charge is 2.37. The number of rotatable bonds is 2. The Balaban J connectivity index is 2.12. The number of nitrogens with two attached hydrogens (primary N) is 2. The molecule has 22 heavy (non-hydrogen) atoms. The summed E-state index contributed by atoms with van der Waals surface area (Å²) in [6.07, 6.45) is 0. The lowest BCUT2D eigenvalue weighted by Crippen LogP contribution is -2.30. The molecule has 6 nitrogen and oxygen atoms in total. The van der Waals surface area contributed by atoms with Gasteiger partial charge >= 0.3 is 0 Å². The van der Waals surface area contributed by atoms with Gasteiger partial charge in [0.15, 0.2) is 0 Å². The molecule has 6 heteroatoms. The van der Waals surface area contributed by atoms with E-state index >= 15 is 0 Å². The molecule has 0 fully saturated rings. The molecule has 1 aliphatic rings. The number of nitrogens with zero attached hydrogens (tertiary/aromatic N) is 1. The number of fused-ring (bicyclic) bond motifs is 1. The summed E-state index contributed by atoms with van der Waals surface area (Å²) >= 11 is 0. The molecule has 110 valence electrons. The fourth-order valence-corrected chi connectivity index (χ4v) is 2.54. The van der Waals surface area contributed by atoms with Crippen molar-refractivity contribution >= 4 is 29.1 Å². The van der Waals surface area contributed by atoms with Crippen molar-refractivity contribution in [2.75, 3.05) is 10.6 Å². The smallest absolute Gasteiger partial charge is 0.266 e. The SMILES string of the molecule is Cc1cc(N)ccc1N1C(=O)c2ccc(C(N)=O)cc2C1=O. The van der Waals surface area contributed by atoms with Gasteiger partial charge in [0, 0.05) is 11.3 Å². The van der Waals surface area contributed by atoms with Crippen LogP contribution in [0.5, 0.6) is 0 Å². The van der Waals surface area contributed by atoms with Gasteiger partial charge in [0.05, 0.1) is 16.8 Å². The lowest BCUT2D eigenvalue weighted by Gasteiger charge is -2.16. The molecule has 2 aromatic carbocycles. The fraction of sp³-hybridized carbons (Fsp3) is 0.0625. The second-order valence-electron chi connectivity index (χ2n) is 5.12. The van der Waals surface area contributed by atoms with Gasteiger partial charge in [-0.25, -0.2) is 4.90 Å². The van der Waals surface area contributed by atoms with Crippen LogP contribution >= 0.6 is 0 Å². The molecule has 1 aliphatic heterocycles. The second-order valence-corrected chi connectivity index (χ2v) is 5.12. The molecule has 1 heterocycles. The zero-order valence-electron chi connectivity index (χ0n) is 11.8. The van der Waals surface area contributed by atoms with Gasteiger partial charge in [-0.1, -0.05) is 0 Å². The first kappa shape index (κ1) is 13.8. The summed E-state index contributed by atoms with van der Waals surface area (Å²) in [5, 5.41) is 0. The fourth-order valence-electron chi connectivity index (χ4n) is 2.54. The molecule has 4 N–H and O–H groups in total. The summed E-state index contributed by atoms with van der Waals surface area (Å²) in [6.45, 7) is 1.77. The number of hydrogen-bond acceptors (Lipinski definition) is 4. The molecule has 0 saturated heterocycles. The van der Waals surface area contributed by atoms with Crippen molar-refractivity contribution in [2.45, 2.75) is 6.92 Å². The number of carbonyl (C=O) groups excluding carboxylic acids is 3. The number of hydrogen-bond donors (Lipinski definition) is 2. The van der Waals surface area contributed by atoms with E-state index in [2.05, 4.69) is 0 Å². The highest BCUT2D eigenvalue weighted by Crippen LogP contribution is 2.31. The van der Waals surface area contributed by atoms with Crippen LogP contribution < -0.4 is 16.4 Å². The lowest BCUT2D eigenvalue weighted by molar-refractivity contribution is 0.0925. The normalized spacial score (nSPS) is 13.4. The highest BCUT2D eigenvalue weighted by atomic mass is 16.2. The molecular formula is C16H13N3O3. The minimum Gasteiger partial charge on any atom is -0.399 e. The zero-order chi connectivity index (χ0) is 16.0. The number of benzene rings is 2. The van der Waals surface area contributed by atoms with E-state index < -0.39 is 17.7 Å². The quantitative estimate of drug-likeness (QED) is 0.646. The average molecular weight is 295 g/mol. The molecule has 0 unspecified atom stereocenters. The van der Waals surface area contributed by atoms with Crippen molar-refractivity contribution < 1.29 is 14.4 Å². The number of carbonyl (C=O) groups is 3. The Bertz CT molecular complexity index is 843. The van der Waals surface area contributed by atoms with Crippen LogP contribution in [0.3, 0.4) is 0 Å². The van der Waals surface area contributed by atoms with Crippen molar-refractivity contribution in [2.24, 2.45) is 5.73 Å². The summed E-state index contributed by atoms with van der Waals surface area (Å²) in [4.78, 5) is 37.3. The summed E-state index contributed by atoms with van der Waals surface area (Å²) in [5.74, 6) is -1.55. The van der Waals surface area contributed by atoms with E-state index in [1.807, 2.05) is 0 Å². The van der Waals surface area contributed by atoms with Crippen molar-refractivity contribution in [1.29, 1.82) is 0 Å². The Morgan fingerprint density at radius 1 is 1.00 bits per heavy atom. The van der Waals surface area contributed by atoms with E-state index in [0.717, 1.165) is 4.90 Å². The topological polar surface area (TPSA) is 106 Å². The summed E-state index contributed by atoms with van der Waals surface area (Å²) < 4.78 is 0. The number of nitrogen functional groups attached to an aromatic ring is 1. The van der Waals surface area contributed by atoms with Crippen molar-refractivity contribution in [1.82, 2.24) is 0 Å². The predicted octanol–water partition coefficient (Wildman–Crippen LogP) is 1.48. The Morgan fingerprint density at radius 2 is 1.68 bits per heavy atom. The Morgan fingerprint density at radius 3 is 2.32 bits per heavy atom. The van der Waals surface area contributed by atoms with Crippen LogP contribution in [0, 0.1) is 6.92 Å². The standard InChI is InChI=1S/C16H13N3O3/c1-8-6-10(17)3-5-13(8)19-15(21)11-4-2-9(14(18)20)7-12(11)16(19)22/h2-7H,17H2,1H3,(H2,18,20). The van der Waals surface area contributed by atoms with E-state index in [0.29, 0.717) is 16.9 Å². The molecule has 0 atom stereocenters. The number of anilines is 2. The third kappa shape index (κ3) is 1.93. The molecule has 0 aromatic heterocycles. The first-order valence-corrected chi connectivity index (χ1v) is 6.59. The number of amides is 3. The van der Waals surface area contributed by atoms with Gasteiger partial charge in [-0.3, -0.25) is 14.4 Å². The van der Waals surface area contributed by atoms with E-state index in [9.17, 15) is 14.4 Å². The molecule has 2 aromatic rings. The molecule has 0 bridgehead atoms. The van der Waals surface area contributed by atoms with Crippen LogP contribution in [0.25, 0.3) is 0 Å². The van der Waals surface area contributed by atoms with Crippen molar-refractivity contribution in [3.05, 3.63) is 58.7 Å². The number of aryl methyl sites for hydroxylation is 1. The van der Waals surface area contributed by atoms with Crippen LogP contribution in [0.15, 0.2) is 36.4 Å². The minimum atomic E-state index is -0.648. The first-order chi connectivity index (χ1) is 10.4. The molecule has 3 rings (SSSR count). The van der Waals surface area contributed by atoms with Gasteiger partial charge in [-0.2, -0.15) is 0 Å². The molecular weight excluding hydrogens is 282 g/mol. The summed E-state index contributed by atoms with van der Waals surface area (Å²) in [5.41, 5.74) is 13.3. The molecule has 0 spiro atoms. The zero-order valence-corrected chi connectivity index (χ0v) is 11.8. The van der Waals surface area contributed by atoms with Gasteiger partial charge in [0.1, 0.15) is 0 Å². The molecule has 0 aliphatic carbocycles. The third-order valence-corrected chi connectivity index (χ3v) is 3.63. The summed E-state index contributed by atoms with van der Waals surface area (Å²) in [6, 6.07) is 9.17. The van der Waals surface area contributed by atoms with Gasteiger partial charge in [0.2, 0.25) is 5.91 Å². The largest absolute Gasteiger partial charge is 0.399 e. The molecule has 0 radical (unpaired) electrons. The number of primary amides is 1. The average Bonchev–Trinajstić information content (AvgIpc) is 2.71. The Hall–Kier alpha value is -3.15. The second kappa shape index (κ2) is 4.70. The van der Waals surface area contributed by atoms with E-state index in [4.69, 9.17) is 11.5 Å². The third-order valence-electron chi connectivity index (χ3n) is 3.63. The summed E-state index contributed by atoms with van der Waals surface area (Å²) in [7, 11) is 0. The van der Waals surface area contributed by atoms with E-state index in [1.54, 1.807) is 25.1 Å². The molecule has 0 saturated carbocycles. The number of imide groups is 1. The van der Waals surface area contributed by atoms with Gasteiger partial charge in [-0.15, -0.1) is 0 Å². The highest BCUT2D eigenvalue weighted by molar-refractivity contribution is 6.35. The van der Waals surface area contributed by atoms with Crippen LogP contribution in [0.4, 0.5) is 11.4 Å². The van der Waals surface area contributed by atoms with Gasteiger partial charge < -0.3 is 11.5 Å². The maximum absolute atomic E-state index is 12.5.